The van der Waals surface area contributed by atoms with Crippen molar-refractivity contribution < 1.29 is 19.3 Å². The molecule has 1 unspecified atom stereocenters. The predicted molar refractivity (Wildman–Crippen MR) is 67.3 cm³/mol. The molecule has 112 valence electrons. The second-order valence-corrected chi connectivity index (χ2v) is 4.76. The van der Waals surface area contributed by atoms with E-state index in [2.05, 4.69) is 0 Å². The fourth-order valence-corrected chi connectivity index (χ4v) is 2.30. The van der Waals surface area contributed by atoms with E-state index in [0.29, 0.717) is 0 Å². The molecule has 1 saturated heterocycles. The highest BCUT2D eigenvalue weighted by Gasteiger charge is 2.35. The van der Waals surface area contributed by atoms with E-state index >= 15 is 0 Å². The largest absolute Gasteiger partial charge is 0.394 e. The van der Waals surface area contributed by atoms with Gasteiger partial charge in [-0.1, -0.05) is 0 Å². The first-order valence-corrected chi connectivity index (χ1v) is 6.32. The smallest absolute Gasteiger partial charge is 0.333 e. The van der Waals surface area contributed by atoms with Crippen molar-refractivity contribution >= 4 is 0 Å². The first-order valence-electron chi connectivity index (χ1n) is 6.32. The fraction of sp³-hybridized carbons (Fsp3) is 0.667. The summed E-state index contributed by atoms with van der Waals surface area (Å²) in [5.41, 5.74) is -0.946. The van der Waals surface area contributed by atoms with E-state index < -0.39 is 36.4 Å². The van der Waals surface area contributed by atoms with E-state index in [-0.39, 0.29) is 25.1 Å². The van der Waals surface area contributed by atoms with Gasteiger partial charge in [-0.05, 0) is 6.92 Å². The number of aromatic nitrogens is 2. The first kappa shape index (κ1) is 14.9. The predicted octanol–water partition coefficient (Wildman–Crippen LogP) is -1.07. The molecule has 1 aliphatic rings. The number of hydrogen-bond donors (Lipinski definition) is 2. The lowest BCUT2D eigenvalue weighted by molar-refractivity contribution is -0.0464. The molecule has 2 N–H and O–H groups in total. The molecule has 1 aliphatic heterocycles. The van der Waals surface area contributed by atoms with Crippen molar-refractivity contribution in [3.8, 4) is 0 Å². The third-order valence-corrected chi connectivity index (χ3v) is 3.37. The minimum atomic E-state index is -0.890. The van der Waals surface area contributed by atoms with Gasteiger partial charge in [0.05, 0.1) is 19.3 Å². The molecule has 0 aliphatic carbocycles. The molecule has 1 aromatic heterocycles. The van der Waals surface area contributed by atoms with E-state index in [1.165, 1.54) is 13.1 Å². The molecule has 3 atom stereocenters. The Morgan fingerprint density at radius 3 is 2.75 bits per heavy atom. The van der Waals surface area contributed by atoms with Crippen LogP contribution in [-0.2, 0) is 11.3 Å². The molecular weight excluding hydrogens is 271 g/mol. The normalized spacial score (nSPS) is 26.1. The Morgan fingerprint density at radius 2 is 2.20 bits per heavy atom. The summed E-state index contributed by atoms with van der Waals surface area (Å²) >= 11 is 0. The van der Waals surface area contributed by atoms with Gasteiger partial charge in [0.25, 0.3) is 5.56 Å². The van der Waals surface area contributed by atoms with Gasteiger partial charge in [0.2, 0.25) is 0 Å². The van der Waals surface area contributed by atoms with Crippen LogP contribution in [0.2, 0.25) is 0 Å². The fourth-order valence-electron chi connectivity index (χ4n) is 2.30. The van der Waals surface area contributed by atoms with E-state index in [1.54, 1.807) is 0 Å². The van der Waals surface area contributed by atoms with Crippen LogP contribution in [-0.4, -0.2) is 44.8 Å². The van der Waals surface area contributed by atoms with Crippen LogP contribution in [0.25, 0.3) is 0 Å². The van der Waals surface area contributed by atoms with Crippen LogP contribution >= 0.6 is 0 Å². The van der Waals surface area contributed by atoms with Crippen molar-refractivity contribution in [3.05, 3.63) is 32.6 Å². The lowest BCUT2D eigenvalue weighted by Crippen LogP contribution is -2.42. The highest BCUT2D eigenvalue weighted by atomic mass is 19.1. The summed E-state index contributed by atoms with van der Waals surface area (Å²) in [5, 5.41) is 18.7. The summed E-state index contributed by atoms with van der Waals surface area (Å²) in [5.74, 6) is 0. The Bertz CT molecular complexity index is 596. The van der Waals surface area contributed by atoms with Crippen molar-refractivity contribution in [2.75, 3.05) is 13.3 Å². The minimum Gasteiger partial charge on any atom is -0.394 e. The molecule has 20 heavy (non-hydrogen) atoms. The maximum Gasteiger partial charge on any atom is 0.333 e. The standard InChI is InChI=1S/C12H17FN2O5/c1-7-5-15(10-4-8(17)9(6-16)20-10)12(19)14(3-2-13)11(7)18/h5,8-10,16-17H,2-4,6H2,1H3/t8?,9-,10-/m1/s1. The molecule has 2 heterocycles. The molecule has 0 amide bonds. The number of halogens is 1. The molecule has 0 saturated carbocycles. The van der Waals surface area contributed by atoms with Gasteiger partial charge < -0.3 is 14.9 Å². The Balaban J connectivity index is 2.43. The van der Waals surface area contributed by atoms with Gasteiger partial charge in [-0.2, -0.15) is 0 Å². The number of aliphatic hydroxyl groups excluding tert-OH is 2. The first-order chi connectivity index (χ1) is 9.49. The van der Waals surface area contributed by atoms with Crippen molar-refractivity contribution in [1.82, 2.24) is 9.13 Å². The van der Waals surface area contributed by atoms with Gasteiger partial charge in [0.15, 0.2) is 0 Å². The second kappa shape index (κ2) is 5.86. The number of nitrogens with zero attached hydrogens (tertiary/aromatic N) is 2. The molecule has 2 rings (SSSR count). The molecule has 1 fully saturated rings. The summed E-state index contributed by atoms with van der Waals surface area (Å²) in [7, 11) is 0. The van der Waals surface area contributed by atoms with Crippen molar-refractivity contribution in [2.45, 2.75) is 38.3 Å². The number of hydrogen-bond acceptors (Lipinski definition) is 5. The van der Waals surface area contributed by atoms with Gasteiger partial charge in [-0.3, -0.25) is 13.9 Å². The Labute approximate surface area is 113 Å². The lowest BCUT2D eigenvalue weighted by atomic mass is 10.2. The zero-order chi connectivity index (χ0) is 14.9. The molecule has 0 aromatic carbocycles. The van der Waals surface area contributed by atoms with E-state index in [0.717, 1.165) is 9.13 Å². The maximum atomic E-state index is 12.4. The Hall–Kier alpha value is -1.51. The SMILES string of the molecule is Cc1cn([C@H]2CC(O)[C@@H](CO)O2)c(=O)n(CCF)c1=O. The van der Waals surface area contributed by atoms with Crippen LogP contribution in [0.5, 0.6) is 0 Å². The van der Waals surface area contributed by atoms with Crippen LogP contribution in [0.4, 0.5) is 4.39 Å². The van der Waals surface area contributed by atoms with Crippen LogP contribution in [0.15, 0.2) is 15.8 Å². The number of aryl methyl sites for hydroxylation is 1. The second-order valence-electron chi connectivity index (χ2n) is 4.76. The van der Waals surface area contributed by atoms with Crippen molar-refractivity contribution in [2.24, 2.45) is 0 Å². The molecule has 0 radical (unpaired) electrons. The summed E-state index contributed by atoms with van der Waals surface area (Å²) in [6, 6.07) is 0. The number of rotatable bonds is 4. The number of ether oxygens (including phenoxy) is 1. The summed E-state index contributed by atoms with van der Waals surface area (Å²) in [6.07, 6.45) is -0.984. The van der Waals surface area contributed by atoms with E-state index in [9.17, 15) is 19.1 Å². The monoisotopic (exact) mass is 288 g/mol. The topological polar surface area (TPSA) is 93.7 Å². The Kier molecular flexibility index (Phi) is 4.36. The zero-order valence-corrected chi connectivity index (χ0v) is 11.0. The average molecular weight is 288 g/mol. The molecule has 7 nitrogen and oxygen atoms in total. The van der Waals surface area contributed by atoms with Gasteiger partial charge in [0.1, 0.15) is 19.0 Å². The molecule has 0 bridgehead atoms. The van der Waals surface area contributed by atoms with Crippen molar-refractivity contribution in [1.29, 1.82) is 0 Å². The molecule has 8 heteroatoms. The minimum absolute atomic E-state index is 0.123. The van der Waals surface area contributed by atoms with Crippen LogP contribution in [0.3, 0.4) is 0 Å². The lowest BCUT2D eigenvalue weighted by Gasteiger charge is -2.17. The summed E-state index contributed by atoms with van der Waals surface area (Å²) in [4.78, 5) is 23.9. The third kappa shape index (κ3) is 2.54. The quantitative estimate of drug-likeness (QED) is 0.736. The highest BCUT2D eigenvalue weighted by Crippen LogP contribution is 2.27. The van der Waals surface area contributed by atoms with Gasteiger partial charge >= 0.3 is 5.69 Å². The highest BCUT2D eigenvalue weighted by molar-refractivity contribution is 5.04. The van der Waals surface area contributed by atoms with Crippen LogP contribution < -0.4 is 11.2 Å². The van der Waals surface area contributed by atoms with E-state index in [4.69, 9.17) is 9.84 Å². The van der Waals surface area contributed by atoms with Crippen LogP contribution in [0.1, 0.15) is 18.2 Å². The number of aliphatic hydroxyl groups is 2. The van der Waals surface area contributed by atoms with Gasteiger partial charge in [-0.15, -0.1) is 0 Å². The van der Waals surface area contributed by atoms with Gasteiger partial charge in [0, 0.05) is 18.2 Å². The Morgan fingerprint density at radius 1 is 1.50 bits per heavy atom. The van der Waals surface area contributed by atoms with Crippen molar-refractivity contribution in [3.63, 3.8) is 0 Å². The zero-order valence-electron chi connectivity index (χ0n) is 11.0. The third-order valence-electron chi connectivity index (χ3n) is 3.37. The molecule has 1 aromatic rings. The van der Waals surface area contributed by atoms with E-state index in [1.807, 2.05) is 0 Å². The summed E-state index contributed by atoms with van der Waals surface area (Å²) < 4.78 is 19.8. The molecule has 0 spiro atoms. The summed E-state index contributed by atoms with van der Waals surface area (Å²) in [6.45, 7) is 0.00148. The average Bonchev–Trinajstić information content (AvgIpc) is 2.80. The number of alkyl halides is 1. The molecular formula is C12H17FN2O5. The van der Waals surface area contributed by atoms with Crippen LogP contribution in [0, 0.1) is 6.92 Å². The maximum absolute atomic E-state index is 12.4. The van der Waals surface area contributed by atoms with Gasteiger partial charge in [-0.25, -0.2) is 9.18 Å².